The second kappa shape index (κ2) is 12.8. The fourth-order valence-electron chi connectivity index (χ4n) is 3.88. The van der Waals surface area contributed by atoms with Gasteiger partial charge in [-0.2, -0.15) is 4.98 Å². The van der Waals surface area contributed by atoms with Gasteiger partial charge in [0.2, 0.25) is 11.9 Å². The Bertz CT molecular complexity index is 1470. The molecule has 2 aromatic carbocycles. The number of para-hydroxylation sites is 1. The molecule has 208 valence electrons. The van der Waals surface area contributed by atoms with Crippen molar-refractivity contribution in [1.82, 2.24) is 14.9 Å². The van der Waals surface area contributed by atoms with Crippen molar-refractivity contribution in [2.45, 2.75) is 0 Å². The fourth-order valence-corrected chi connectivity index (χ4v) is 3.88. The second-order valence-corrected chi connectivity index (χ2v) is 9.19. The van der Waals surface area contributed by atoms with Crippen LogP contribution in [0.2, 0.25) is 0 Å². The number of halogens is 1. The number of anilines is 6. The first-order valence-corrected chi connectivity index (χ1v) is 12.5. The van der Waals surface area contributed by atoms with Crippen molar-refractivity contribution in [3.8, 4) is 16.9 Å². The predicted molar refractivity (Wildman–Crippen MR) is 156 cm³/mol. The van der Waals surface area contributed by atoms with Gasteiger partial charge < -0.3 is 34.9 Å². The molecule has 10 nitrogen and oxygen atoms in total. The largest absolute Gasteiger partial charge is 0.494 e. The lowest BCUT2D eigenvalue weighted by molar-refractivity contribution is -0.111. The molecule has 0 aliphatic heterocycles. The summed E-state index contributed by atoms with van der Waals surface area (Å²) in [5.74, 6) is 0.319. The SMILES string of the molecule is C=CC(=O)Nc1cc(Nc2ncc(-c3ccoc3)c(Nc3ccccc3F)n2)c(OC)cc1N(C)CCN(C)C. The molecule has 40 heavy (non-hydrogen) atoms. The monoisotopic (exact) mass is 545 g/mol. The number of nitrogens with one attached hydrogen (secondary N) is 3. The molecule has 2 aromatic heterocycles. The van der Waals surface area contributed by atoms with Crippen molar-refractivity contribution in [1.29, 1.82) is 0 Å². The van der Waals surface area contributed by atoms with Gasteiger partial charge in [-0.3, -0.25) is 4.79 Å². The number of hydrogen-bond acceptors (Lipinski definition) is 9. The summed E-state index contributed by atoms with van der Waals surface area (Å²) in [4.78, 5) is 25.5. The molecular weight excluding hydrogens is 513 g/mol. The maximum absolute atomic E-state index is 14.5. The third-order valence-corrected chi connectivity index (χ3v) is 6.05. The maximum Gasteiger partial charge on any atom is 0.247 e. The van der Waals surface area contributed by atoms with Gasteiger partial charge in [0.05, 0.1) is 42.4 Å². The molecule has 0 unspecified atom stereocenters. The zero-order valence-corrected chi connectivity index (χ0v) is 22.9. The molecule has 0 saturated carbocycles. The molecule has 0 radical (unpaired) electrons. The molecule has 3 N–H and O–H groups in total. The summed E-state index contributed by atoms with van der Waals surface area (Å²) in [6.45, 7) is 5.08. The van der Waals surface area contributed by atoms with Crippen LogP contribution in [0.25, 0.3) is 11.1 Å². The molecule has 0 spiro atoms. The highest BCUT2D eigenvalue weighted by molar-refractivity contribution is 6.02. The van der Waals surface area contributed by atoms with Crippen LogP contribution < -0.4 is 25.6 Å². The van der Waals surface area contributed by atoms with E-state index < -0.39 is 5.82 Å². The Morgan fingerprint density at radius 1 is 1.10 bits per heavy atom. The minimum absolute atomic E-state index is 0.221. The average Bonchev–Trinajstić information content (AvgIpc) is 3.48. The van der Waals surface area contributed by atoms with Gasteiger partial charge >= 0.3 is 0 Å². The van der Waals surface area contributed by atoms with Crippen LogP contribution in [-0.4, -0.2) is 62.1 Å². The molecule has 0 aliphatic carbocycles. The predicted octanol–water partition coefficient (Wildman–Crippen LogP) is 5.49. The molecule has 0 fully saturated rings. The Morgan fingerprint density at radius 2 is 1.90 bits per heavy atom. The number of rotatable bonds is 12. The molecule has 11 heteroatoms. The van der Waals surface area contributed by atoms with E-state index in [2.05, 4.69) is 37.4 Å². The van der Waals surface area contributed by atoms with Gasteiger partial charge in [0, 0.05) is 43.5 Å². The molecule has 0 aliphatic rings. The third-order valence-electron chi connectivity index (χ3n) is 6.05. The summed E-state index contributed by atoms with van der Waals surface area (Å²) in [5.41, 5.74) is 3.43. The van der Waals surface area contributed by atoms with Gasteiger partial charge in [-0.05, 0) is 44.4 Å². The number of methoxy groups -OCH3 is 1. The van der Waals surface area contributed by atoms with E-state index in [1.54, 1.807) is 49.9 Å². The van der Waals surface area contributed by atoms with Crippen LogP contribution in [0.15, 0.2) is 78.3 Å². The average molecular weight is 546 g/mol. The third kappa shape index (κ3) is 6.75. The van der Waals surface area contributed by atoms with Crippen molar-refractivity contribution in [3.05, 3.63) is 79.7 Å². The van der Waals surface area contributed by atoms with E-state index in [1.807, 2.05) is 32.1 Å². The Balaban J connectivity index is 1.73. The highest BCUT2D eigenvalue weighted by atomic mass is 19.1. The molecule has 0 atom stereocenters. The van der Waals surface area contributed by atoms with Crippen LogP contribution in [0, 0.1) is 5.82 Å². The highest BCUT2D eigenvalue weighted by Gasteiger charge is 2.18. The number of amides is 1. The smallest absolute Gasteiger partial charge is 0.247 e. The zero-order valence-electron chi connectivity index (χ0n) is 22.9. The number of furan rings is 1. The number of aromatic nitrogens is 2. The number of ether oxygens (including phenoxy) is 1. The van der Waals surface area contributed by atoms with Gasteiger partial charge in [0.25, 0.3) is 0 Å². The van der Waals surface area contributed by atoms with Crippen LogP contribution in [0.4, 0.5) is 38.9 Å². The van der Waals surface area contributed by atoms with Crippen LogP contribution in [0.3, 0.4) is 0 Å². The lowest BCUT2D eigenvalue weighted by Crippen LogP contribution is -2.29. The lowest BCUT2D eigenvalue weighted by Gasteiger charge is -2.26. The first-order chi connectivity index (χ1) is 19.3. The van der Waals surface area contributed by atoms with Crippen molar-refractivity contribution < 1.29 is 18.3 Å². The van der Waals surface area contributed by atoms with Crippen LogP contribution in [-0.2, 0) is 4.79 Å². The van der Waals surface area contributed by atoms with E-state index in [-0.39, 0.29) is 17.5 Å². The van der Waals surface area contributed by atoms with Gasteiger partial charge in [0.1, 0.15) is 17.4 Å². The summed E-state index contributed by atoms with van der Waals surface area (Å²) in [6.07, 6.45) is 5.91. The molecule has 1 amide bonds. The second-order valence-electron chi connectivity index (χ2n) is 9.19. The number of likely N-dealkylation sites (N-methyl/N-ethyl adjacent to an activating group) is 2. The maximum atomic E-state index is 14.5. The molecule has 2 heterocycles. The van der Waals surface area contributed by atoms with E-state index >= 15 is 0 Å². The van der Waals surface area contributed by atoms with Crippen LogP contribution >= 0.6 is 0 Å². The number of carbonyl (C=O) groups excluding carboxylic acids is 1. The van der Waals surface area contributed by atoms with E-state index in [0.29, 0.717) is 35.1 Å². The fraction of sp³-hybridized carbons (Fsp3) is 0.207. The van der Waals surface area contributed by atoms with Gasteiger partial charge in [-0.25, -0.2) is 9.37 Å². The minimum Gasteiger partial charge on any atom is -0.494 e. The minimum atomic E-state index is -0.424. The Hall–Kier alpha value is -4.90. The van der Waals surface area contributed by atoms with Gasteiger partial charge in [-0.1, -0.05) is 18.7 Å². The first kappa shape index (κ1) is 28.1. The highest BCUT2D eigenvalue weighted by Crippen LogP contribution is 2.38. The number of hydrogen-bond donors (Lipinski definition) is 3. The Morgan fingerprint density at radius 3 is 2.58 bits per heavy atom. The van der Waals surface area contributed by atoms with E-state index in [1.165, 1.54) is 18.4 Å². The van der Waals surface area contributed by atoms with Crippen molar-refractivity contribution in [3.63, 3.8) is 0 Å². The Labute approximate surface area is 232 Å². The number of carbonyl (C=O) groups is 1. The molecule has 0 saturated heterocycles. The van der Waals surface area contributed by atoms with E-state index in [0.717, 1.165) is 17.8 Å². The van der Waals surface area contributed by atoms with E-state index in [9.17, 15) is 9.18 Å². The normalized spacial score (nSPS) is 10.8. The van der Waals surface area contributed by atoms with Crippen molar-refractivity contribution >= 4 is 40.4 Å². The number of nitrogens with zero attached hydrogens (tertiary/aromatic N) is 4. The molecular formula is C29H32FN7O3. The zero-order chi connectivity index (χ0) is 28.6. The summed E-state index contributed by atoms with van der Waals surface area (Å²) in [7, 11) is 7.48. The van der Waals surface area contributed by atoms with Gasteiger partial charge in [-0.15, -0.1) is 0 Å². The summed E-state index contributed by atoms with van der Waals surface area (Å²) in [5, 5.41) is 9.11. The van der Waals surface area contributed by atoms with Gasteiger partial charge in [0.15, 0.2) is 0 Å². The lowest BCUT2D eigenvalue weighted by atomic mass is 10.1. The number of benzene rings is 2. The van der Waals surface area contributed by atoms with E-state index in [4.69, 9.17) is 9.15 Å². The summed E-state index contributed by atoms with van der Waals surface area (Å²) in [6, 6.07) is 11.7. The van der Waals surface area contributed by atoms with Crippen molar-refractivity contribution in [2.24, 2.45) is 0 Å². The topological polar surface area (TPSA) is 108 Å². The Kier molecular flexibility index (Phi) is 8.97. The quantitative estimate of drug-likeness (QED) is 0.199. The summed E-state index contributed by atoms with van der Waals surface area (Å²) >= 11 is 0. The molecule has 0 bridgehead atoms. The van der Waals surface area contributed by atoms with Crippen LogP contribution in [0.5, 0.6) is 5.75 Å². The first-order valence-electron chi connectivity index (χ1n) is 12.5. The molecule has 4 aromatic rings. The molecule has 4 rings (SSSR count). The van der Waals surface area contributed by atoms with Crippen LogP contribution in [0.1, 0.15) is 0 Å². The van der Waals surface area contributed by atoms with Crippen molar-refractivity contribution in [2.75, 3.05) is 62.2 Å². The summed E-state index contributed by atoms with van der Waals surface area (Å²) < 4.78 is 25.4. The standard InChI is InChI=1S/C29H32FN7O3/c1-6-27(38)32-23-15-24(26(39-5)16-25(23)37(4)13-12-36(2)3)34-29-31-17-20(19-11-14-40-18-19)28(35-29)33-22-10-8-7-9-21(22)30/h6-11,14-18H,1,12-13H2,2-5H3,(H,32,38)(H2,31,33,34,35).